The fraction of sp³-hybridized carbons (Fsp3) is 0.0714. The number of nitrogens with zero attached hydrogens (tertiary/aromatic N) is 1. The number of nitriles is 1. The number of rotatable bonds is 2. The monoisotopic (exact) mass is 364 g/mol. The highest BCUT2D eigenvalue weighted by atomic mass is 79.9. The van der Waals surface area contributed by atoms with Crippen LogP contribution in [0.4, 0.5) is 11.4 Å². The Morgan fingerprint density at radius 3 is 2.44 bits per heavy atom. The second-order valence-corrected chi connectivity index (χ2v) is 5.60. The third kappa shape index (κ3) is 2.92. The van der Waals surface area contributed by atoms with Crippen LogP contribution in [-0.4, -0.2) is 0 Å². The average molecular weight is 366 g/mol. The average Bonchev–Trinajstić information content (AvgIpc) is 2.36. The fourth-order valence-electron chi connectivity index (χ4n) is 1.51. The van der Waals surface area contributed by atoms with Gasteiger partial charge in [0.2, 0.25) is 0 Å². The predicted molar refractivity (Wildman–Crippen MR) is 81.0 cm³/mol. The highest BCUT2D eigenvalue weighted by Crippen LogP contribution is 2.28. The molecule has 0 aliphatic rings. The Morgan fingerprint density at radius 1 is 1.06 bits per heavy atom. The molecule has 0 radical (unpaired) electrons. The zero-order chi connectivity index (χ0) is 13.1. The molecule has 0 bridgehead atoms. The molecule has 0 atom stereocenters. The summed E-state index contributed by atoms with van der Waals surface area (Å²) in [6, 6.07) is 13.7. The van der Waals surface area contributed by atoms with E-state index in [-0.39, 0.29) is 0 Å². The van der Waals surface area contributed by atoms with E-state index in [1.165, 1.54) is 5.56 Å². The van der Waals surface area contributed by atoms with E-state index >= 15 is 0 Å². The van der Waals surface area contributed by atoms with E-state index < -0.39 is 0 Å². The number of nitrogens with one attached hydrogen (secondary N) is 1. The minimum atomic E-state index is 0.637. The standard InChI is InChI=1S/C14H10Br2N2/c1-9-2-4-11(7-12(9)15)18-14-5-3-10(8-17)6-13(14)16/h2-7,18H,1H3. The maximum atomic E-state index is 8.81. The molecule has 0 spiro atoms. The molecule has 0 amide bonds. The number of anilines is 2. The van der Waals surface area contributed by atoms with Crippen molar-refractivity contribution in [2.75, 3.05) is 5.32 Å². The summed E-state index contributed by atoms with van der Waals surface area (Å²) in [7, 11) is 0. The van der Waals surface area contributed by atoms with Gasteiger partial charge in [-0.3, -0.25) is 0 Å². The molecule has 90 valence electrons. The second-order valence-electron chi connectivity index (χ2n) is 3.90. The van der Waals surface area contributed by atoms with E-state index in [1.807, 2.05) is 31.2 Å². The lowest BCUT2D eigenvalue weighted by Crippen LogP contribution is -1.92. The van der Waals surface area contributed by atoms with Crippen molar-refractivity contribution >= 4 is 43.2 Å². The molecular weight excluding hydrogens is 356 g/mol. The van der Waals surface area contributed by atoms with Crippen LogP contribution in [-0.2, 0) is 0 Å². The zero-order valence-corrected chi connectivity index (χ0v) is 12.8. The number of hydrogen-bond donors (Lipinski definition) is 1. The summed E-state index contributed by atoms with van der Waals surface area (Å²) in [5, 5.41) is 12.1. The number of hydrogen-bond acceptors (Lipinski definition) is 2. The van der Waals surface area contributed by atoms with Crippen LogP contribution in [0.5, 0.6) is 0 Å². The quantitative estimate of drug-likeness (QED) is 0.800. The molecule has 0 fully saturated rings. The van der Waals surface area contributed by atoms with Gasteiger partial charge in [0.1, 0.15) is 0 Å². The minimum absolute atomic E-state index is 0.637. The number of benzene rings is 2. The first-order chi connectivity index (χ1) is 8.60. The van der Waals surface area contributed by atoms with Gasteiger partial charge in [0.15, 0.2) is 0 Å². The third-order valence-corrected chi connectivity index (χ3v) is 4.06. The zero-order valence-electron chi connectivity index (χ0n) is 9.67. The van der Waals surface area contributed by atoms with Crippen molar-refractivity contribution < 1.29 is 0 Å². The van der Waals surface area contributed by atoms with Gasteiger partial charge < -0.3 is 5.32 Å². The van der Waals surface area contributed by atoms with Gasteiger partial charge in [0.05, 0.1) is 17.3 Å². The van der Waals surface area contributed by atoms with Crippen LogP contribution < -0.4 is 5.32 Å². The second kappa shape index (κ2) is 5.55. The summed E-state index contributed by atoms with van der Waals surface area (Å²) in [5.41, 5.74) is 3.76. The molecule has 2 nitrogen and oxygen atoms in total. The normalized spacial score (nSPS) is 9.89. The summed E-state index contributed by atoms with van der Waals surface area (Å²) in [5.74, 6) is 0. The van der Waals surface area contributed by atoms with Crippen molar-refractivity contribution in [3.63, 3.8) is 0 Å². The Kier molecular flexibility index (Phi) is 4.05. The molecule has 0 saturated heterocycles. The molecule has 0 saturated carbocycles. The van der Waals surface area contributed by atoms with Gasteiger partial charge in [0, 0.05) is 14.6 Å². The summed E-state index contributed by atoms with van der Waals surface area (Å²) < 4.78 is 1.94. The van der Waals surface area contributed by atoms with Gasteiger partial charge in [-0.25, -0.2) is 0 Å². The Hall–Kier alpha value is -1.31. The first kappa shape index (κ1) is 13.1. The summed E-state index contributed by atoms with van der Waals surface area (Å²) in [6.07, 6.45) is 0. The van der Waals surface area contributed by atoms with E-state index in [0.717, 1.165) is 20.3 Å². The molecule has 18 heavy (non-hydrogen) atoms. The van der Waals surface area contributed by atoms with E-state index in [4.69, 9.17) is 5.26 Å². The van der Waals surface area contributed by atoms with Gasteiger partial charge in [-0.2, -0.15) is 5.26 Å². The summed E-state index contributed by atoms with van der Waals surface area (Å²) >= 11 is 6.96. The molecule has 2 aromatic rings. The number of aryl methyl sites for hydroxylation is 1. The molecule has 0 aliphatic carbocycles. The maximum Gasteiger partial charge on any atom is 0.0992 e. The largest absolute Gasteiger partial charge is 0.355 e. The molecule has 0 heterocycles. The lowest BCUT2D eigenvalue weighted by atomic mass is 10.2. The molecule has 0 aliphatic heterocycles. The van der Waals surface area contributed by atoms with Gasteiger partial charge in [0.25, 0.3) is 0 Å². The Bertz CT molecular complexity index is 630. The predicted octanol–water partition coefficient (Wildman–Crippen LogP) is 5.14. The fourth-order valence-corrected chi connectivity index (χ4v) is 2.37. The van der Waals surface area contributed by atoms with Gasteiger partial charge in [-0.1, -0.05) is 22.0 Å². The minimum Gasteiger partial charge on any atom is -0.355 e. The van der Waals surface area contributed by atoms with Gasteiger partial charge in [-0.15, -0.1) is 0 Å². The Labute approximate surface area is 123 Å². The molecule has 2 rings (SSSR count). The van der Waals surface area contributed by atoms with Gasteiger partial charge in [-0.05, 0) is 58.7 Å². The smallest absolute Gasteiger partial charge is 0.0992 e. The van der Waals surface area contributed by atoms with Crippen molar-refractivity contribution in [2.45, 2.75) is 6.92 Å². The summed E-state index contributed by atoms with van der Waals surface area (Å²) in [6.45, 7) is 2.05. The molecule has 0 unspecified atom stereocenters. The molecule has 4 heteroatoms. The van der Waals surface area contributed by atoms with Crippen LogP contribution in [0.3, 0.4) is 0 Å². The third-order valence-electron chi connectivity index (χ3n) is 2.55. The Morgan fingerprint density at radius 2 is 1.83 bits per heavy atom. The van der Waals surface area contributed by atoms with Crippen molar-refractivity contribution in [3.8, 4) is 6.07 Å². The van der Waals surface area contributed by atoms with Crippen LogP contribution in [0.15, 0.2) is 45.3 Å². The molecule has 2 aromatic carbocycles. The van der Waals surface area contributed by atoms with E-state index in [1.54, 1.807) is 12.1 Å². The van der Waals surface area contributed by atoms with Crippen LogP contribution in [0, 0.1) is 18.3 Å². The van der Waals surface area contributed by atoms with Crippen LogP contribution in [0.25, 0.3) is 0 Å². The lowest BCUT2D eigenvalue weighted by Gasteiger charge is -2.10. The van der Waals surface area contributed by atoms with Crippen molar-refractivity contribution in [1.82, 2.24) is 0 Å². The van der Waals surface area contributed by atoms with E-state index in [0.29, 0.717) is 5.56 Å². The molecule has 1 N–H and O–H groups in total. The van der Waals surface area contributed by atoms with Crippen LogP contribution in [0.2, 0.25) is 0 Å². The lowest BCUT2D eigenvalue weighted by molar-refractivity contribution is 1.41. The van der Waals surface area contributed by atoms with Crippen LogP contribution in [0.1, 0.15) is 11.1 Å². The Balaban J connectivity index is 2.29. The van der Waals surface area contributed by atoms with E-state index in [2.05, 4.69) is 43.2 Å². The topological polar surface area (TPSA) is 35.8 Å². The van der Waals surface area contributed by atoms with Crippen LogP contribution >= 0.6 is 31.9 Å². The van der Waals surface area contributed by atoms with Crippen molar-refractivity contribution in [2.24, 2.45) is 0 Å². The highest BCUT2D eigenvalue weighted by Gasteiger charge is 2.03. The molecule has 0 aromatic heterocycles. The van der Waals surface area contributed by atoms with Crippen molar-refractivity contribution in [1.29, 1.82) is 5.26 Å². The summed E-state index contributed by atoms with van der Waals surface area (Å²) in [4.78, 5) is 0. The SMILES string of the molecule is Cc1ccc(Nc2ccc(C#N)cc2Br)cc1Br. The number of halogens is 2. The maximum absolute atomic E-state index is 8.81. The first-order valence-corrected chi connectivity index (χ1v) is 6.91. The van der Waals surface area contributed by atoms with E-state index in [9.17, 15) is 0 Å². The van der Waals surface area contributed by atoms with Crippen molar-refractivity contribution in [3.05, 3.63) is 56.5 Å². The highest BCUT2D eigenvalue weighted by molar-refractivity contribution is 9.11. The first-order valence-electron chi connectivity index (χ1n) is 5.33. The molecular formula is C14H10Br2N2. The van der Waals surface area contributed by atoms with Gasteiger partial charge >= 0.3 is 0 Å².